The molecular weight excluding hydrogens is 352 g/mol. The van der Waals surface area contributed by atoms with Gasteiger partial charge < -0.3 is 9.64 Å². The van der Waals surface area contributed by atoms with E-state index in [2.05, 4.69) is 47.9 Å². The van der Waals surface area contributed by atoms with Crippen LogP contribution in [-0.2, 0) is 6.54 Å². The molecule has 1 fully saturated rings. The number of hydrogen-bond donors (Lipinski definition) is 0. The molecule has 0 bridgehead atoms. The Balaban J connectivity index is 1.47. The van der Waals surface area contributed by atoms with E-state index in [0.29, 0.717) is 5.88 Å². The van der Waals surface area contributed by atoms with Crippen molar-refractivity contribution in [2.24, 2.45) is 0 Å². The van der Waals surface area contributed by atoms with Crippen molar-refractivity contribution in [2.45, 2.75) is 33.4 Å². The fourth-order valence-electron chi connectivity index (χ4n) is 3.50. The molecule has 146 valence electrons. The molecule has 0 unspecified atom stereocenters. The largest absolute Gasteiger partial charge is 0.474 e. The van der Waals surface area contributed by atoms with E-state index in [4.69, 9.17) is 4.74 Å². The summed E-state index contributed by atoms with van der Waals surface area (Å²) in [5, 5.41) is 0.964. The molecule has 7 heteroatoms. The molecule has 1 aliphatic heterocycles. The van der Waals surface area contributed by atoms with Crippen molar-refractivity contribution in [1.82, 2.24) is 24.8 Å². The summed E-state index contributed by atoms with van der Waals surface area (Å²) >= 11 is 0. The highest BCUT2D eigenvalue weighted by atomic mass is 16.5. The predicted molar refractivity (Wildman–Crippen MR) is 110 cm³/mol. The minimum Gasteiger partial charge on any atom is -0.474 e. The van der Waals surface area contributed by atoms with Gasteiger partial charge in [0.2, 0.25) is 5.88 Å². The van der Waals surface area contributed by atoms with Gasteiger partial charge in [0.15, 0.2) is 0 Å². The van der Waals surface area contributed by atoms with Gasteiger partial charge in [-0.3, -0.25) is 14.9 Å². The number of hydrogen-bond acceptors (Lipinski definition) is 7. The Morgan fingerprint density at radius 3 is 2.54 bits per heavy atom. The molecule has 3 aromatic rings. The number of benzene rings is 1. The van der Waals surface area contributed by atoms with Crippen molar-refractivity contribution in [3.8, 4) is 5.88 Å². The summed E-state index contributed by atoms with van der Waals surface area (Å²) in [6.07, 6.45) is 5.16. The third-order valence-electron chi connectivity index (χ3n) is 5.02. The zero-order valence-corrected chi connectivity index (χ0v) is 16.7. The molecule has 1 aromatic carbocycles. The highest BCUT2D eigenvalue weighted by Gasteiger charge is 2.19. The topological polar surface area (TPSA) is 67.3 Å². The van der Waals surface area contributed by atoms with Crippen LogP contribution in [0.25, 0.3) is 10.9 Å². The third-order valence-corrected chi connectivity index (χ3v) is 5.02. The number of nitrogens with zero attached hydrogens (tertiary/aromatic N) is 6. The molecule has 2 aromatic heterocycles. The first-order chi connectivity index (χ1) is 13.6. The SMILES string of the molecule is Cc1nccnc1CN1CCN(c2ccc3ncnc(OC(C)C)c3c2)CC1. The molecule has 1 saturated heterocycles. The van der Waals surface area contributed by atoms with Crippen LogP contribution >= 0.6 is 0 Å². The van der Waals surface area contributed by atoms with Crippen molar-refractivity contribution in [2.75, 3.05) is 31.1 Å². The monoisotopic (exact) mass is 378 g/mol. The Kier molecular flexibility index (Phi) is 5.34. The average molecular weight is 378 g/mol. The van der Waals surface area contributed by atoms with E-state index < -0.39 is 0 Å². The molecule has 0 radical (unpaired) electrons. The average Bonchev–Trinajstić information content (AvgIpc) is 2.70. The van der Waals surface area contributed by atoms with Gasteiger partial charge in [0.25, 0.3) is 0 Å². The molecule has 0 aliphatic carbocycles. The lowest BCUT2D eigenvalue weighted by atomic mass is 10.1. The van der Waals surface area contributed by atoms with Crippen LogP contribution in [0.1, 0.15) is 25.2 Å². The maximum absolute atomic E-state index is 5.87. The molecule has 4 rings (SSSR count). The summed E-state index contributed by atoms with van der Waals surface area (Å²) in [5.41, 5.74) is 4.17. The van der Waals surface area contributed by atoms with E-state index in [9.17, 15) is 0 Å². The van der Waals surface area contributed by atoms with E-state index in [1.54, 1.807) is 18.7 Å². The van der Waals surface area contributed by atoms with Crippen molar-refractivity contribution < 1.29 is 4.74 Å². The summed E-state index contributed by atoms with van der Waals surface area (Å²) < 4.78 is 5.87. The van der Waals surface area contributed by atoms with Gasteiger partial charge in [0, 0.05) is 50.8 Å². The zero-order chi connectivity index (χ0) is 19.5. The summed E-state index contributed by atoms with van der Waals surface area (Å²) in [6.45, 7) is 10.8. The lowest BCUT2D eigenvalue weighted by molar-refractivity contribution is 0.235. The second-order valence-electron chi connectivity index (χ2n) is 7.40. The normalized spacial score (nSPS) is 15.4. The van der Waals surface area contributed by atoms with Gasteiger partial charge >= 0.3 is 0 Å². The number of anilines is 1. The highest BCUT2D eigenvalue weighted by Crippen LogP contribution is 2.28. The zero-order valence-electron chi connectivity index (χ0n) is 16.7. The van der Waals surface area contributed by atoms with E-state index in [-0.39, 0.29) is 6.10 Å². The van der Waals surface area contributed by atoms with Gasteiger partial charge in [-0.2, -0.15) is 0 Å². The maximum Gasteiger partial charge on any atom is 0.224 e. The molecule has 1 aliphatic rings. The van der Waals surface area contributed by atoms with Crippen LogP contribution in [0.4, 0.5) is 5.69 Å². The van der Waals surface area contributed by atoms with E-state index in [1.165, 1.54) is 5.69 Å². The fraction of sp³-hybridized carbons (Fsp3) is 0.429. The number of rotatable bonds is 5. The number of ether oxygens (including phenoxy) is 1. The second kappa shape index (κ2) is 8.06. The molecule has 0 saturated carbocycles. The molecular formula is C21H26N6O. The van der Waals surface area contributed by atoms with Gasteiger partial charge in [0.1, 0.15) is 6.33 Å². The number of aromatic nitrogens is 4. The van der Waals surface area contributed by atoms with Gasteiger partial charge in [-0.05, 0) is 39.0 Å². The van der Waals surface area contributed by atoms with E-state index in [0.717, 1.165) is 55.0 Å². The smallest absolute Gasteiger partial charge is 0.224 e. The van der Waals surface area contributed by atoms with Crippen LogP contribution in [0.5, 0.6) is 5.88 Å². The molecule has 3 heterocycles. The summed E-state index contributed by atoms with van der Waals surface area (Å²) in [4.78, 5) is 22.4. The molecule has 28 heavy (non-hydrogen) atoms. The Labute approximate surface area is 165 Å². The fourth-order valence-corrected chi connectivity index (χ4v) is 3.50. The highest BCUT2D eigenvalue weighted by molar-refractivity contribution is 5.86. The Morgan fingerprint density at radius 1 is 1.00 bits per heavy atom. The van der Waals surface area contributed by atoms with Crippen LogP contribution in [-0.4, -0.2) is 57.1 Å². The van der Waals surface area contributed by atoms with Crippen molar-refractivity contribution >= 4 is 16.6 Å². The third kappa shape index (κ3) is 4.04. The van der Waals surface area contributed by atoms with Gasteiger partial charge in [-0.25, -0.2) is 9.97 Å². The van der Waals surface area contributed by atoms with Gasteiger partial charge in [-0.1, -0.05) is 0 Å². The summed E-state index contributed by atoms with van der Waals surface area (Å²) in [5.74, 6) is 0.651. The van der Waals surface area contributed by atoms with Crippen LogP contribution in [0.3, 0.4) is 0 Å². The molecule has 0 N–H and O–H groups in total. The molecule has 0 amide bonds. The predicted octanol–water partition coefficient (Wildman–Crippen LogP) is 2.84. The maximum atomic E-state index is 5.87. The minimum atomic E-state index is 0.0786. The molecule has 7 nitrogen and oxygen atoms in total. The number of aryl methyl sites for hydroxylation is 1. The van der Waals surface area contributed by atoms with Crippen molar-refractivity contribution in [3.63, 3.8) is 0 Å². The Morgan fingerprint density at radius 2 is 1.79 bits per heavy atom. The Bertz CT molecular complexity index is 953. The van der Waals surface area contributed by atoms with Crippen LogP contribution in [0.2, 0.25) is 0 Å². The number of fused-ring (bicyclic) bond motifs is 1. The van der Waals surface area contributed by atoms with E-state index >= 15 is 0 Å². The first-order valence-corrected chi connectivity index (χ1v) is 9.75. The standard InChI is InChI=1S/C21H26N6O/c1-15(2)28-21-18-12-17(4-5-19(18)24-14-25-21)27-10-8-26(9-11-27)13-20-16(3)22-6-7-23-20/h4-7,12,14-15H,8-11,13H2,1-3H3. The lowest BCUT2D eigenvalue weighted by Crippen LogP contribution is -2.46. The van der Waals surface area contributed by atoms with Crippen LogP contribution in [0.15, 0.2) is 36.9 Å². The van der Waals surface area contributed by atoms with E-state index in [1.807, 2.05) is 20.8 Å². The van der Waals surface area contributed by atoms with Gasteiger partial charge in [-0.15, -0.1) is 0 Å². The minimum absolute atomic E-state index is 0.0786. The van der Waals surface area contributed by atoms with Crippen LogP contribution < -0.4 is 9.64 Å². The summed E-state index contributed by atoms with van der Waals surface area (Å²) in [7, 11) is 0. The van der Waals surface area contributed by atoms with Crippen molar-refractivity contribution in [3.05, 3.63) is 48.3 Å². The lowest BCUT2D eigenvalue weighted by Gasteiger charge is -2.36. The van der Waals surface area contributed by atoms with Gasteiger partial charge in [0.05, 0.1) is 28.4 Å². The first-order valence-electron chi connectivity index (χ1n) is 9.75. The number of piperazine rings is 1. The van der Waals surface area contributed by atoms with Crippen molar-refractivity contribution in [1.29, 1.82) is 0 Å². The first kappa shape index (κ1) is 18.6. The molecule has 0 spiro atoms. The quantitative estimate of drug-likeness (QED) is 0.676. The molecule has 0 atom stereocenters. The Hall–Kier alpha value is -2.80. The summed E-state index contributed by atoms with van der Waals surface area (Å²) in [6, 6.07) is 6.33. The van der Waals surface area contributed by atoms with Crippen LogP contribution in [0, 0.1) is 6.92 Å². The second-order valence-corrected chi connectivity index (χ2v) is 7.40.